The molecule has 0 amide bonds. The van der Waals surface area contributed by atoms with Gasteiger partial charge in [0.1, 0.15) is 6.61 Å². The van der Waals surface area contributed by atoms with Crippen molar-refractivity contribution in [1.82, 2.24) is 0 Å². The molecule has 1 rings (SSSR count). The van der Waals surface area contributed by atoms with Crippen LogP contribution in [-0.2, 0) is 14.2 Å². The number of alkyl halides is 3. The summed E-state index contributed by atoms with van der Waals surface area (Å²) in [6.45, 7) is -1.69. The molecule has 0 aromatic rings. The molecule has 0 radical (unpaired) electrons. The van der Waals surface area contributed by atoms with Crippen LogP contribution in [0.1, 0.15) is 0 Å². The maximum absolute atomic E-state index is 12.5. The zero-order valence-corrected chi connectivity index (χ0v) is 7.51. The molecule has 0 N–H and O–H groups in total. The standard InChI is InChI=1S/C7H5F5O4/c8-3(5(9)7(10,11)12)1-14-4-2-15-6(13)16-4/h4H,1-2H2/b5-3-. The van der Waals surface area contributed by atoms with E-state index in [-0.39, 0.29) is 6.61 Å². The van der Waals surface area contributed by atoms with Crippen LogP contribution in [0.2, 0.25) is 0 Å². The van der Waals surface area contributed by atoms with Gasteiger partial charge in [-0.15, -0.1) is 0 Å². The lowest BCUT2D eigenvalue weighted by Gasteiger charge is -2.08. The Morgan fingerprint density at radius 3 is 2.50 bits per heavy atom. The molecule has 0 aromatic carbocycles. The molecule has 0 bridgehead atoms. The van der Waals surface area contributed by atoms with Gasteiger partial charge in [-0.25, -0.2) is 9.18 Å². The number of allylic oxidation sites excluding steroid dienone is 1. The fourth-order valence-electron chi connectivity index (χ4n) is 0.777. The van der Waals surface area contributed by atoms with Crippen LogP contribution >= 0.6 is 0 Å². The van der Waals surface area contributed by atoms with Gasteiger partial charge in [-0.2, -0.15) is 17.6 Å². The summed E-state index contributed by atoms with van der Waals surface area (Å²) in [5.41, 5.74) is 0. The highest BCUT2D eigenvalue weighted by Gasteiger charge is 2.38. The maximum atomic E-state index is 12.5. The fraction of sp³-hybridized carbons (Fsp3) is 0.571. The van der Waals surface area contributed by atoms with Gasteiger partial charge in [-0.3, -0.25) is 0 Å². The lowest BCUT2D eigenvalue weighted by Crippen LogP contribution is -2.18. The summed E-state index contributed by atoms with van der Waals surface area (Å²) in [6, 6.07) is 0. The molecular weight excluding hydrogens is 243 g/mol. The van der Waals surface area contributed by atoms with Crippen molar-refractivity contribution in [1.29, 1.82) is 0 Å². The molecule has 0 aromatic heterocycles. The predicted octanol–water partition coefficient (Wildman–Crippen LogP) is 2.21. The number of ether oxygens (including phenoxy) is 3. The number of hydrogen-bond acceptors (Lipinski definition) is 4. The van der Waals surface area contributed by atoms with Crippen LogP contribution in [0.15, 0.2) is 11.7 Å². The number of cyclic esters (lactones) is 2. The third-order valence-electron chi connectivity index (χ3n) is 1.45. The first-order valence-corrected chi connectivity index (χ1v) is 3.87. The zero-order valence-electron chi connectivity index (χ0n) is 7.51. The van der Waals surface area contributed by atoms with Crippen LogP contribution in [0.4, 0.5) is 26.7 Å². The molecule has 0 spiro atoms. The van der Waals surface area contributed by atoms with Crippen LogP contribution < -0.4 is 0 Å². The molecule has 92 valence electrons. The Kier molecular flexibility index (Phi) is 3.68. The van der Waals surface area contributed by atoms with E-state index in [1.165, 1.54) is 0 Å². The fourth-order valence-corrected chi connectivity index (χ4v) is 0.777. The molecule has 1 heterocycles. The van der Waals surface area contributed by atoms with Gasteiger partial charge in [0.15, 0.2) is 12.4 Å². The largest absolute Gasteiger partial charge is 0.510 e. The second-order valence-corrected chi connectivity index (χ2v) is 2.64. The minimum Gasteiger partial charge on any atom is -0.428 e. The van der Waals surface area contributed by atoms with Crippen LogP contribution in [0.25, 0.3) is 0 Å². The highest BCUT2D eigenvalue weighted by molar-refractivity contribution is 5.61. The smallest absolute Gasteiger partial charge is 0.428 e. The molecule has 1 atom stereocenters. The minimum absolute atomic E-state index is 0.389. The molecule has 1 saturated heterocycles. The van der Waals surface area contributed by atoms with Crippen molar-refractivity contribution in [2.75, 3.05) is 13.2 Å². The number of carbonyl (C=O) groups is 1. The quantitative estimate of drug-likeness (QED) is 0.567. The van der Waals surface area contributed by atoms with Crippen molar-refractivity contribution in [3.05, 3.63) is 11.7 Å². The zero-order chi connectivity index (χ0) is 12.3. The van der Waals surface area contributed by atoms with E-state index in [2.05, 4.69) is 14.2 Å². The molecule has 0 saturated carbocycles. The highest BCUT2D eigenvalue weighted by Crippen LogP contribution is 2.30. The summed E-state index contributed by atoms with van der Waals surface area (Å²) in [6.07, 6.45) is -7.83. The van der Waals surface area contributed by atoms with Gasteiger partial charge >= 0.3 is 12.3 Å². The van der Waals surface area contributed by atoms with Crippen molar-refractivity contribution in [3.8, 4) is 0 Å². The topological polar surface area (TPSA) is 44.8 Å². The SMILES string of the molecule is O=C1OCC(OC/C(F)=C(/F)C(F)(F)F)O1. The first-order chi connectivity index (χ1) is 7.30. The van der Waals surface area contributed by atoms with E-state index in [1.807, 2.05) is 0 Å². The molecule has 4 nitrogen and oxygen atoms in total. The molecule has 16 heavy (non-hydrogen) atoms. The van der Waals surface area contributed by atoms with Gasteiger partial charge in [-0.1, -0.05) is 0 Å². The Morgan fingerprint density at radius 1 is 1.44 bits per heavy atom. The second kappa shape index (κ2) is 4.64. The molecule has 0 aliphatic carbocycles. The summed E-state index contributed by atoms with van der Waals surface area (Å²) >= 11 is 0. The van der Waals surface area contributed by atoms with E-state index in [1.54, 1.807) is 0 Å². The summed E-state index contributed by atoms with van der Waals surface area (Å²) < 4.78 is 72.3. The van der Waals surface area contributed by atoms with Crippen molar-refractivity contribution in [2.45, 2.75) is 12.5 Å². The minimum atomic E-state index is -5.41. The normalized spacial score (nSPS) is 22.6. The third kappa shape index (κ3) is 3.33. The molecule has 1 unspecified atom stereocenters. The van der Waals surface area contributed by atoms with Gasteiger partial charge in [0, 0.05) is 0 Å². The molecular formula is C7H5F5O4. The Morgan fingerprint density at radius 2 is 2.06 bits per heavy atom. The van der Waals surface area contributed by atoms with Crippen LogP contribution in [0.3, 0.4) is 0 Å². The number of carbonyl (C=O) groups excluding carboxylic acids is 1. The Bertz CT molecular complexity index is 310. The van der Waals surface area contributed by atoms with E-state index in [0.717, 1.165) is 0 Å². The van der Waals surface area contributed by atoms with Crippen LogP contribution in [-0.4, -0.2) is 31.8 Å². The molecule has 9 heteroatoms. The van der Waals surface area contributed by atoms with E-state index in [4.69, 9.17) is 0 Å². The van der Waals surface area contributed by atoms with E-state index in [9.17, 15) is 26.7 Å². The van der Waals surface area contributed by atoms with Crippen LogP contribution in [0, 0.1) is 0 Å². The van der Waals surface area contributed by atoms with Gasteiger partial charge in [0.05, 0.1) is 0 Å². The second-order valence-electron chi connectivity index (χ2n) is 2.64. The van der Waals surface area contributed by atoms with Crippen molar-refractivity contribution in [2.24, 2.45) is 0 Å². The highest BCUT2D eigenvalue weighted by atomic mass is 19.4. The van der Waals surface area contributed by atoms with E-state index < -0.39 is 36.9 Å². The molecule has 1 fully saturated rings. The van der Waals surface area contributed by atoms with Crippen molar-refractivity contribution < 1.29 is 41.0 Å². The number of halogens is 5. The number of rotatable bonds is 3. The van der Waals surface area contributed by atoms with Crippen molar-refractivity contribution >= 4 is 6.16 Å². The van der Waals surface area contributed by atoms with Gasteiger partial charge in [0.25, 0.3) is 0 Å². The Labute approximate surface area is 85.6 Å². The average molecular weight is 248 g/mol. The first kappa shape index (κ1) is 12.7. The Hall–Kier alpha value is -1.38. The summed E-state index contributed by atoms with van der Waals surface area (Å²) in [5, 5.41) is 0. The third-order valence-corrected chi connectivity index (χ3v) is 1.45. The molecule has 1 aliphatic heterocycles. The monoisotopic (exact) mass is 248 g/mol. The Balaban J connectivity index is 2.46. The van der Waals surface area contributed by atoms with Crippen LogP contribution in [0.5, 0.6) is 0 Å². The first-order valence-electron chi connectivity index (χ1n) is 3.87. The average Bonchev–Trinajstić information content (AvgIpc) is 2.58. The predicted molar refractivity (Wildman–Crippen MR) is 37.5 cm³/mol. The summed E-state index contributed by atoms with van der Waals surface area (Å²) in [5.74, 6) is -5.01. The van der Waals surface area contributed by atoms with E-state index in [0.29, 0.717) is 0 Å². The van der Waals surface area contributed by atoms with Gasteiger partial charge in [0.2, 0.25) is 12.1 Å². The number of hydrogen-bond donors (Lipinski definition) is 0. The van der Waals surface area contributed by atoms with Crippen molar-refractivity contribution in [3.63, 3.8) is 0 Å². The lowest BCUT2D eigenvalue weighted by atomic mass is 10.4. The summed E-state index contributed by atoms with van der Waals surface area (Å²) in [7, 11) is 0. The molecule has 1 aliphatic rings. The van der Waals surface area contributed by atoms with Gasteiger partial charge in [-0.05, 0) is 0 Å². The van der Waals surface area contributed by atoms with Gasteiger partial charge < -0.3 is 14.2 Å². The maximum Gasteiger partial charge on any atom is 0.510 e. The lowest BCUT2D eigenvalue weighted by molar-refractivity contribution is -0.115. The summed E-state index contributed by atoms with van der Waals surface area (Å²) in [4.78, 5) is 10.3. The van der Waals surface area contributed by atoms with E-state index >= 15 is 0 Å².